The van der Waals surface area contributed by atoms with Gasteiger partial charge in [0, 0.05) is 24.5 Å². The highest BCUT2D eigenvalue weighted by molar-refractivity contribution is 6.04. The molecular weight excluding hydrogens is 420 g/mol. The van der Waals surface area contributed by atoms with Gasteiger partial charge in [0.1, 0.15) is 5.82 Å². The number of amides is 1. The Morgan fingerprint density at radius 1 is 1.00 bits per heavy atom. The summed E-state index contributed by atoms with van der Waals surface area (Å²) in [5.41, 5.74) is 3.09. The smallest absolute Gasteiger partial charge is 0.272 e. The Balaban J connectivity index is 1.21. The molecule has 4 heterocycles. The summed E-state index contributed by atoms with van der Waals surface area (Å²) in [5.74, 6) is 2.04. The lowest BCUT2D eigenvalue weighted by atomic mass is 10.2. The van der Waals surface area contributed by atoms with Crippen molar-refractivity contribution in [3.8, 4) is 11.5 Å². The second kappa shape index (κ2) is 7.94. The summed E-state index contributed by atoms with van der Waals surface area (Å²) in [4.78, 5) is 13.0. The van der Waals surface area contributed by atoms with Crippen LogP contribution in [0.1, 0.15) is 21.9 Å². The van der Waals surface area contributed by atoms with Crippen molar-refractivity contribution in [2.75, 3.05) is 13.3 Å². The number of carbonyl (C=O) groups is 1. The molecule has 1 N–H and O–H groups in total. The van der Waals surface area contributed by atoms with Crippen LogP contribution in [0.5, 0.6) is 11.5 Å². The number of para-hydroxylation sites is 1. The largest absolute Gasteiger partial charge is 0.454 e. The third-order valence-corrected chi connectivity index (χ3v) is 5.66. The highest BCUT2D eigenvalue weighted by Gasteiger charge is 2.18. The Morgan fingerprint density at radius 2 is 1.88 bits per heavy atom. The van der Waals surface area contributed by atoms with E-state index in [0.29, 0.717) is 25.2 Å². The first-order valence-corrected chi connectivity index (χ1v) is 10.7. The number of aromatic nitrogens is 5. The molecule has 0 saturated heterocycles. The van der Waals surface area contributed by atoms with Gasteiger partial charge in [-0.25, -0.2) is 0 Å². The number of nitrogens with one attached hydrogen (secondary N) is 1. The molecule has 3 aromatic heterocycles. The summed E-state index contributed by atoms with van der Waals surface area (Å²) in [6.07, 6.45) is 2.48. The Morgan fingerprint density at radius 3 is 2.85 bits per heavy atom. The maximum Gasteiger partial charge on any atom is 0.272 e. The van der Waals surface area contributed by atoms with E-state index in [9.17, 15) is 4.79 Å². The first-order chi connectivity index (χ1) is 16.3. The summed E-state index contributed by atoms with van der Waals surface area (Å²) in [6.45, 7) is 1.17. The van der Waals surface area contributed by atoms with Gasteiger partial charge in [-0.3, -0.25) is 13.9 Å². The Bertz CT molecular complexity index is 1490. The van der Waals surface area contributed by atoms with E-state index in [4.69, 9.17) is 9.47 Å². The number of benzene rings is 2. The minimum atomic E-state index is -0.218. The van der Waals surface area contributed by atoms with E-state index in [0.717, 1.165) is 39.4 Å². The minimum Gasteiger partial charge on any atom is -0.454 e. The van der Waals surface area contributed by atoms with Gasteiger partial charge >= 0.3 is 0 Å². The second-order valence-corrected chi connectivity index (χ2v) is 7.76. The van der Waals surface area contributed by atoms with E-state index in [1.165, 1.54) is 0 Å². The zero-order valence-corrected chi connectivity index (χ0v) is 17.6. The van der Waals surface area contributed by atoms with E-state index in [1.54, 1.807) is 0 Å². The van der Waals surface area contributed by atoms with Crippen LogP contribution in [0.4, 0.5) is 0 Å². The van der Waals surface area contributed by atoms with Crippen LogP contribution in [-0.4, -0.2) is 43.6 Å². The lowest BCUT2D eigenvalue weighted by Crippen LogP contribution is -2.27. The van der Waals surface area contributed by atoms with Gasteiger partial charge in [-0.05, 0) is 35.9 Å². The number of carbonyl (C=O) groups excluding carboxylic acids is 1. The number of pyridine rings is 1. The first kappa shape index (κ1) is 19.3. The van der Waals surface area contributed by atoms with Crippen LogP contribution in [0.2, 0.25) is 0 Å². The molecule has 33 heavy (non-hydrogen) atoms. The fourth-order valence-electron chi connectivity index (χ4n) is 4.06. The van der Waals surface area contributed by atoms with Gasteiger partial charge < -0.3 is 14.8 Å². The molecule has 2 aromatic carbocycles. The SMILES string of the molecule is O=C(NCCc1nnc2ccccn12)c1nn(Cc2ccc3c(c2)OCO3)c2ccccc12. The number of rotatable bonds is 6. The second-order valence-electron chi connectivity index (χ2n) is 7.76. The van der Waals surface area contributed by atoms with E-state index >= 15 is 0 Å². The fraction of sp³-hybridized carbons (Fsp3) is 0.167. The zero-order chi connectivity index (χ0) is 22.2. The molecule has 9 heteroatoms. The van der Waals surface area contributed by atoms with Crippen molar-refractivity contribution < 1.29 is 14.3 Å². The van der Waals surface area contributed by atoms with E-state index in [-0.39, 0.29) is 12.7 Å². The Hall–Kier alpha value is -4.40. The van der Waals surface area contributed by atoms with Crippen molar-refractivity contribution in [2.24, 2.45) is 0 Å². The average Bonchev–Trinajstić information content (AvgIpc) is 3.57. The van der Waals surface area contributed by atoms with Gasteiger partial charge in [-0.15, -0.1) is 10.2 Å². The van der Waals surface area contributed by atoms with Crippen LogP contribution < -0.4 is 14.8 Å². The molecule has 6 rings (SSSR count). The predicted molar refractivity (Wildman–Crippen MR) is 120 cm³/mol. The molecule has 1 amide bonds. The maximum absolute atomic E-state index is 13.0. The first-order valence-electron chi connectivity index (χ1n) is 10.7. The zero-order valence-electron chi connectivity index (χ0n) is 17.6. The van der Waals surface area contributed by atoms with Crippen molar-refractivity contribution in [3.63, 3.8) is 0 Å². The highest BCUT2D eigenvalue weighted by Crippen LogP contribution is 2.33. The van der Waals surface area contributed by atoms with Crippen molar-refractivity contribution in [2.45, 2.75) is 13.0 Å². The minimum absolute atomic E-state index is 0.218. The molecule has 5 aromatic rings. The van der Waals surface area contributed by atoms with Gasteiger partial charge in [0.05, 0.1) is 12.1 Å². The van der Waals surface area contributed by atoms with Gasteiger partial charge in [0.2, 0.25) is 6.79 Å². The molecule has 0 atom stereocenters. The normalized spacial score (nSPS) is 12.5. The molecule has 0 unspecified atom stereocenters. The predicted octanol–water partition coefficient (Wildman–Crippen LogP) is 2.83. The number of nitrogens with zero attached hydrogens (tertiary/aromatic N) is 5. The van der Waals surface area contributed by atoms with Gasteiger partial charge in [0.25, 0.3) is 5.91 Å². The van der Waals surface area contributed by atoms with Crippen LogP contribution in [0.3, 0.4) is 0 Å². The molecular formula is C24H20N6O3. The summed E-state index contributed by atoms with van der Waals surface area (Å²) in [6, 6.07) is 19.3. The third-order valence-electron chi connectivity index (χ3n) is 5.66. The van der Waals surface area contributed by atoms with Gasteiger partial charge in [-0.1, -0.05) is 30.3 Å². The molecule has 9 nitrogen and oxygen atoms in total. The summed E-state index contributed by atoms with van der Waals surface area (Å²) in [7, 11) is 0. The molecule has 0 radical (unpaired) electrons. The van der Waals surface area contributed by atoms with Crippen molar-refractivity contribution in [1.29, 1.82) is 0 Å². The van der Waals surface area contributed by atoms with Crippen molar-refractivity contribution in [3.05, 3.63) is 83.9 Å². The van der Waals surface area contributed by atoms with E-state index < -0.39 is 0 Å². The monoisotopic (exact) mass is 440 g/mol. The third kappa shape index (κ3) is 3.53. The van der Waals surface area contributed by atoms with Crippen LogP contribution in [0.15, 0.2) is 66.9 Å². The van der Waals surface area contributed by atoms with E-state index in [1.807, 2.05) is 75.9 Å². The summed E-state index contributed by atoms with van der Waals surface area (Å²) in [5, 5.41) is 16.8. The summed E-state index contributed by atoms with van der Waals surface area (Å²) < 4.78 is 14.6. The van der Waals surface area contributed by atoms with Crippen molar-refractivity contribution >= 4 is 22.5 Å². The Kier molecular flexibility index (Phi) is 4.64. The van der Waals surface area contributed by atoms with E-state index in [2.05, 4.69) is 20.6 Å². The van der Waals surface area contributed by atoms with Crippen LogP contribution >= 0.6 is 0 Å². The molecule has 1 aliphatic rings. The number of fused-ring (bicyclic) bond motifs is 3. The lowest BCUT2D eigenvalue weighted by Gasteiger charge is -2.05. The molecule has 0 bridgehead atoms. The quantitative estimate of drug-likeness (QED) is 0.436. The number of hydrogen-bond donors (Lipinski definition) is 1. The topological polar surface area (TPSA) is 95.6 Å². The molecule has 1 aliphatic heterocycles. The Labute approximate surface area is 188 Å². The standard InChI is InChI=1S/C24H20N6O3/c31-24(25-11-10-22-27-26-21-7-3-4-12-29(21)22)23-17-5-1-2-6-18(17)30(28-23)14-16-8-9-19-20(13-16)33-15-32-19/h1-9,12-13H,10-11,14-15H2,(H,25,31). The molecule has 0 spiro atoms. The molecule has 0 fully saturated rings. The average molecular weight is 440 g/mol. The van der Waals surface area contributed by atoms with Crippen LogP contribution in [0.25, 0.3) is 16.6 Å². The molecule has 0 saturated carbocycles. The van der Waals surface area contributed by atoms with Gasteiger partial charge in [-0.2, -0.15) is 5.10 Å². The lowest BCUT2D eigenvalue weighted by molar-refractivity contribution is 0.0949. The maximum atomic E-state index is 13.0. The summed E-state index contributed by atoms with van der Waals surface area (Å²) >= 11 is 0. The number of hydrogen-bond acceptors (Lipinski definition) is 6. The highest BCUT2D eigenvalue weighted by atomic mass is 16.7. The van der Waals surface area contributed by atoms with Crippen LogP contribution in [0, 0.1) is 0 Å². The molecule has 0 aliphatic carbocycles. The molecule has 164 valence electrons. The van der Waals surface area contributed by atoms with Crippen molar-refractivity contribution in [1.82, 2.24) is 29.7 Å². The number of ether oxygens (including phenoxy) is 2. The van der Waals surface area contributed by atoms with Gasteiger partial charge in [0.15, 0.2) is 22.8 Å². The fourth-order valence-corrected chi connectivity index (χ4v) is 4.06. The van der Waals surface area contributed by atoms with Crippen LogP contribution in [-0.2, 0) is 13.0 Å².